The normalized spacial score (nSPS) is 13.0. The van der Waals surface area contributed by atoms with E-state index in [9.17, 15) is 9.18 Å². The van der Waals surface area contributed by atoms with Crippen molar-refractivity contribution in [3.8, 4) is 0 Å². The summed E-state index contributed by atoms with van der Waals surface area (Å²) in [4.78, 5) is 22.2. The van der Waals surface area contributed by atoms with Crippen LogP contribution in [0.4, 0.5) is 21.5 Å². The number of carbonyl (C=O) groups is 1. The van der Waals surface area contributed by atoms with Crippen molar-refractivity contribution < 1.29 is 9.18 Å². The maximum absolute atomic E-state index is 14.0. The Morgan fingerprint density at radius 2 is 1.72 bits per heavy atom. The standard InChI is InChI=1S/C25H21ClFN3OS/c1-15-10-22-23(11-16(15)2)30-25(13-21(28-22)17-6-4-3-5-7-17)32-14-24(31)29-20-9-8-18(26)12-19(20)27/h3-12H,13-14H2,1-2H3,(H,29,31). The molecule has 7 heteroatoms. The second-order valence-corrected chi connectivity index (χ2v) is 8.98. The zero-order valence-electron chi connectivity index (χ0n) is 17.7. The summed E-state index contributed by atoms with van der Waals surface area (Å²) in [6, 6.07) is 18.2. The molecular formula is C25H21ClFN3OS. The second kappa shape index (κ2) is 9.67. The predicted molar refractivity (Wildman–Crippen MR) is 133 cm³/mol. The fourth-order valence-corrected chi connectivity index (χ4v) is 4.20. The monoisotopic (exact) mass is 465 g/mol. The van der Waals surface area contributed by atoms with Gasteiger partial charge in [-0.05, 0) is 60.9 Å². The summed E-state index contributed by atoms with van der Waals surface area (Å²) in [5.41, 5.74) is 5.89. The summed E-state index contributed by atoms with van der Waals surface area (Å²) < 4.78 is 14.0. The Hall–Kier alpha value is -2.96. The molecule has 0 aromatic heterocycles. The number of hydrogen-bond acceptors (Lipinski definition) is 4. The van der Waals surface area contributed by atoms with E-state index in [-0.39, 0.29) is 22.4 Å². The first-order valence-electron chi connectivity index (χ1n) is 10.1. The lowest BCUT2D eigenvalue weighted by Crippen LogP contribution is -2.17. The number of amides is 1. The molecule has 1 N–H and O–H groups in total. The van der Waals surface area contributed by atoms with E-state index in [1.54, 1.807) is 0 Å². The number of nitrogens with one attached hydrogen (secondary N) is 1. The molecule has 3 aromatic rings. The van der Waals surface area contributed by atoms with Crippen LogP contribution in [0.25, 0.3) is 0 Å². The van der Waals surface area contributed by atoms with Crippen LogP contribution in [-0.4, -0.2) is 22.4 Å². The molecule has 3 aromatic carbocycles. The van der Waals surface area contributed by atoms with Crippen LogP contribution in [0.5, 0.6) is 0 Å². The van der Waals surface area contributed by atoms with Crippen LogP contribution in [0, 0.1) is 19.7 Å². The number of anilines is 1. The van der Waals surface area contributed by atoms with Gasteiger partial charge in [-0.1, -0.05) is 41.9 Å². The molecule has 0 unspecified atom stereocenters. The Morgan fingerprint density at radius 1 is 1.03 bits per heavy atom. The summed E-state index contributed by atoms with van der Waals surface area (Å²) in [6.45, 7) is 4.09. The van der Waals surface area contributed by atoms with Crippen molar-refractivity contribution in [3.63, 3.8) is 0 Å². The third kappa shape index (κ3) is 5.26. The van der Waals surface area contributed by atoms with E-state index in [0.717, 1.165) is 38.8 Å². The highest BCUT2D eigenvalue weighted by Crippen LogP contribution is 2.36. The van der Waals surface area contributed by atoms with Gasteiger partial charge in [-0.2, -0.15) is 0 Å². The van der Waals surface area contributed by atoms with Crippen molar-refractivity contribution in [1.82, 2.24) is 0 Å². The van der Waals surface area contributed by atoms with Crippen LogP contribution in [0.1, 0.15) is 23.1 Å². The minimum Gasteiger partial charge on any atom is -0.323 e. The fraction of sp³-hybridized carbons (Fsp3) is 0.160. The Labute approximate surface area is 195 Å². The predicted octanol–water partition coefficient (Wildman–Crippen LogP) is 7.02. The number of aliphatic imine (C=N–C) groups is 2. The van der Waals surface area contributed by atoms with Crippen molar-refractivity contribution >= 4 is 57.1 Å². The molecule has 1 aliphatic rings. The lowest BCUT2D eigenvalue weighted by Gasteiger charge is -2.09. The van der Waals surface area contributed by atoms with Gasteiger partial charge in [0.25, 0.3) is 0 Å². The number of rotatable bonds is 4. The molecule has 1 aliphatic heterocycles. The highest BCUT2D eigenvalue weighted by molar-refractivity contribution is 8.14. The molecule has 0 atom stereocenters. The maximum Gasteiger partial charge on any atom is 0.234 e. The van der Waals surface area contributed by atoms with Gasteiger partial charge in [-0.15, -0.1) is 11.8 Å². The number of halogens is 2. The molecule has 4 rings (SSSR count). The molecule has 0 fully saturated rings. The third-order valence-corrected chi connectivity index (χ3v) is 6.30. The van der Waals surface area contributed by atoms with Gasteiger partial charge in [0.2, 0.25) is 5.91 Å². The topological polar surface area (TPSA) is 53.8 Å². The number of fused-ring (bicyclic) bond motifs is 1. The van der Waals surface area contributed by atoms with Crippen LogP contribution in [0.3, 0.4) is 0 Å². The van der Waals surface area contributed by atoms with Gasteiger partial charge in [0.05, 0.1) is 33.6 Å². The quantitative estimate of drug-likeness (QED) is 0.450. The SMILES string of the molecule is Cc1cc2c(cc1C)N=C(c1ccccc1)CC(SCC(=O)Nc1ccc(Cl)cc1F)=N2. The van der Waals surface area contributed by atoms with Crippen LogP contribution in [0.15, 0.2) is 70.6 Å². The molecule has 0 spiro atoms. The summed E-state index contributed by atoms with van der Waals surface area (Å²) in [6.07, 6.45) is 0.504. The van der Waals surface area contributed by atoms with Gasteiger partial charge in [0.1, 0.15) is 5.82 Å². The molecule has 0 radical (unpaired) electrons. The molecular weight excluding hydrogens is 445 g/mol. The first-order valence-corrected chi connectivity index (χ1v) is 11.4. The average Bonchev–Trinajstić information content (AvgIpc) is 2.94. The van der Waals surface area contributed by atoms with Crippen molar-refractivity contribution in [3.05, 3.63) is 88.2 Å². The molecule has 0 saturated heterocycles. The lowest BCUT2D eigenvalue weighted by molar-refractivity contribution is -0.113. The third-order valence-electron chi connectivity index (χ3n) is 5.09. The number of hydrogen-bond donors (Lipinski definition) is 1. The van der Waals surface area contributed by atoms with Gasteiger partial charge in [0, 0.05) is 11.4 Å². The number of nitrogens with zero attached hydrogens (tertiary/aromatic N) is 2. The maximum atomic E-state index is 14.0. The summed E-state index contributed by atoms with van der Waals surface area (Å²) in [7, 11) is 0. The smallest absolute Gasteiger partial charge is 0.234 e. The Bertz CT molecular complexity index is 1240. The van der Waals surface area contributed by atoms with Gasteiger partial charge < -0.3 is 5.32 Å². The van der Waals surface area contributed by atoms with Crippen molar-refractivity contribution in [1.29, 1.82) is 0 Å². The van der Waals surface area contributed by atoms with Crippen molar-refractivity contribution in [2.45, 2.75) is 20.3 Å². The van der Waals surface area contributed by atoms with E-state index in [0.29, 0.717) is 6.42 Å². The fourth-order valence-electron chi connectivity index (χ4n) is 3.27. The number of aryl methyl sites for hydroxylation is 2. The van der Waals surface area contributed by atoms with Crippen molar-refractivity contribution in [2.24, 2.45) is 9.98 Å². The molecule has 0 bridgehead atoms. The van der Waals surface area contributed by atoms with Gasteiger partial charge in [-0.25, -0.2) is 9.38 Å². The molecule has 162 valence electrons. The molecule has 1 amide bonds. The van der Waals surface area contributed by atoms with Crippen molar-refractivity contribution in [2.75, 3.05) is 11.1 Å². The van der Waals surface area contributed by atoms with Crippen LogP contribution >= 0.6 is 23.4 Å². The van der Waals surface area contributed by atoms with E-state index in [1.165, 1.54) is 30.0 Å². The average molecular weight is 466 g/mol. The number of benzene rings is 3. The van der Waals surface area contributed by atoms with Gasteiger partial charge in [0.15, 0.2) is 0 Å². The summed E-state index contributed by atoms with van der Waals surface area (Å²) >= 11 is 7.10. The molecule has 4 nitrogen and oxygen atoms in total. The highest BCUT2D eigenvalue weighted by Gasteiger charge is 2.18. The first-order chi connectivity index (χ1) is 15.4. The van der Waals surface area contributed by atoms with Crippen LogP contribution in [0.2, 0.25) is 5.02 Å². The molecule has 32 heavy (non-hydrogen) atoms. The molecule has 0 saturated carbocycles. The zero-order chi connectivity index (χ0) is 22.7. The Balaban J connectivity index is 1.57. The van der Waals surface area contributed by atoms with Crippen LogP contribution < -0.4 is 5.32 Å². The number of carbonyl (C=O) groups excluding carboxylic acids is 1. The van der Waals surface area contributed by atoms with E-state index in [4.69, 9.17) is 21.6 Å². The zero-order valence-corrected chi connectivity index (χ0v) is 19.2. The minimum absolute atomic E-state index is 0.100. The highest BCUT2D eigenvalue weighted by atomic mass is 35.5. The van der Waals surface area contributed by atoms with Crippen LogP contribution in [-0.2, 0) is 4.79 Å². The van der Waals surface area contributed by atoms with Gasteiger partial charge in [-0.3, -0.25) is 9.79 Å². The lowest BCUT2D eigenvalue weighted by atomic mass is 10.1. The van der Waals surface area contributed by atoms with E-state index >= 15 is 0 Å². The Kier molecular flexibility index (Phi) is 6.72. The second-order valence-electron chi connectivity index (χ2n) is 7.49. The summed E-state index contributed by atoms with van der Waals surface area (Å²) in [5.74, 6) is -0.786. The van der Waals surface area contributed by atoms with E-state index in [1.807, 2.05) is 49.4 Å². The van der Waals surface area contributed by atoms with E-state index in [2.05, 4.69) is 12.2 Å². The first kappa shape index (κ1) is 22.2. The molecule has 0 aliphatic carbocycles. The number of thioether (sulfide) groups is 1. The summed E-state index contributed by atoms with van der Waals surface area (Å²) in [5, 5.41) is 3.65. The largest absolute Gasteiger partial charge is 0.323 e. The minimum atomic E-state index is -0.569. The van der Waals surface area contributed by atoms with E-state index < -0.39 is 5.82 Å². The molecule has 1 heterocycles. The van der Waals surface area contributed by atoms with Gasteiger partial charge >= 0.3 is 0 Å². The Morgan fingerprint density at radius 3 is 2.41 bits per heavy atom.